The number of benzene rings is 2. The highest BCUT2D eigenvalue weighted by Crippen LogP contribution is 2.16. The van der Waals surface area contributed by atoms with E-state index in [1.54, 1.807) is 23.1 Å². The Balaban J connectivity index is 1.60. The van der Waals surface area contributed by atoms with Gasteiger partial charge in [-0.15, -0.1) is 0 Å². The van der Waals surface area contributed by atoms with Crippen LogP contribution in [-0.2, 0) is 16.1 Å². The molecule has 0 N–H and O–H groups in total. The van der Waals surface area contributed by atoms with Crippen molar-refractivity contribution in [2.45, 2.75) is 19.4 Å². The number of halogens is 1. The van der Waals surface area contributed by atoms with Crippen molar-refractivity contribution in [3.8, 4) is 0 Å². The van der Waals surface area contributed by atoms with Gasteiger partial charge in [0.15, 0.2) is 12.4 Å². The lowest BCUT2D eigenvalue weighted by Crippen LogP contribution is -2.24. The molecule has 1 aliphatic rings. The number of Topliss-reactive ketones (excluding diaryl/α,β-unsaturated/α-hetero) is 1. The Morgan fingerprint density at radius 2 is 1.85 bits per heavy atom. The molecule has 2 aromatic rings. The Labute approximate surface area is 150 Å². The van der Waals surface area contributed by atoms with E-state index >= 15 is 0 Å². The molecule has 2 aromatic carbocycles. The van der Waals surface area contributed by atoms with Crippen LogP contribution in [0.3, 0.4) is 0 Å². The number of ketones is 1. The fraction of sp³-hybridized carbons (Fsp3) is 0.250. The summed E-state index contributed by atoms with van der Waals surface area (Å²) in [6.45, 7) is 0.703. The predicted molar refractivity (Wildman–Crippen MR) is 92.1 cm³/mol. The van der Waals surface area contributed by atoms with Gasteiger partial charge < -0.3 is 9.64 Å². The highest BCUT2D eigenvalue weighted by atomic mass is 19.1. The zero-order chi connectivity index (χ0) is 18.5. The number of esters is 1. The average Bonchev–Trinajstić information content (AvgIpc) is 3.04. The lowest BCUT2D eigenvalue weighted by Gasteiger charge is -2.15. The molecule has 0 aliphatic carbocycles. The monoisotopic (exact) mass is 355 g/mol. The Bertz CT molecular complexity index is 849. The van der Waals surface area contributed by atoms with Crippen LogP contribution >= 0.6 is 0 Å². The van der Waals surface area contributed by atoms with Crippen molar-refractivity contribution in [3.05, 3.63) is 71.0 Å². The van der Waals surface area contributed by atoms with Crippen LogP contribution < -0.4 is 0 Å². The summed E-state index contributed by atoms with van der Waals surface area (Å²) in [4.78, 5) is 37.6. The second-order valence-electron chi connectivity index (χ2n) is 6.13. The highest BCUT2D eigenvalue weighted by molar-refractivity contribution is 5.99. The molecule has 6 heteroatoms. The van der Waals surface area contributed by atoms with Gasteiger partial charge in [-0.3, -0.25) is 9.59 Å². The Morgan fingerprint density at radius 3 is 2.58 bits per heavy atom. The number of carbonyl (C=O) groups is 3. The van der Waals surface area contributed by atoms with Gasteiger partial charge in [0.05, 0.1) is 5.56 Å². The van der Waals surface area contributed by atoms with Gasteiger partial charge >= 0.3 is 5.97 Å². The van der Waals surface area contributed by atoms with Crippen molar-refractivity contribution in [3.63, 3.8) is 0 Å². The van der Waals surface area contributed by atoms with Crippen molar-refractivity contribution in [2.24, 2.45) is 0 Å². The van der Waals surface area contributed by atoms with Crippen molar-refractivity contribution in [1.82, 2.24) is 4.90 Å². The quantitative estimate of drug-likeness (QED) is 0.590. The van der Waals surface area contributed by atoms with Crippen molar-refractivity contribution >= 4 is 17.7 Å². The van der Waals surface area contributed by atoms with Crippen LogP contribution in [0.2, 0.25) is 0 Å². The van der Waals surface area contributed by atoms with Gasteiger partial charge in [0.2, 0.25) is 5.91 Å². The van der Waals surface area contributed by atoms with Gasteiger partial charge in [-0.25, -0.2) is 9.18 Å². The topological polar surface area (TPSA) is 63.7 Å². The Hall–Kier alpha value is -3.02. The molecule has 0 bridgehead atoms. The molecule has 0 saturated carbocycles. The minimum atomic E-state index is -0.635. The number of hydrogen-bond acceptors (Lipinski definition) is 4. The zero-order valence-electron chi connectivity index (χ0n) is 14.1. The standard InChI is InChI=1S/C20H18FNO4/c21-17-7-2-5-15(11-17)18(23)13-26-20(25)16-6-1-4-14(10-16)12-22-9-3-8-19(22)24/h1-2,4-7,10-11H,3,8-9,12-13H2. The molecule has 1 saturated heterocycles. The summed E-state index contributed by atoms with van der Waals surface area (Å²) in [7, 11) is 0. The van der Waals surface area contributed by atoms with E-state index in [0.29, 0.717) is 18.5 Å². The molecular formula is C20H18FNO4. The summed E-state index contributed by atoms with van der Waals surface area (Å²) in [5, 5.41) is 0. The molecule has 1 fully saturated rings. The van der Waals surface area contributed by atoms with Crippen LogP contribution in [0.25, 0.3) is 0 Å². The van der Waals surface area contributed by atoms with E-state index in [1.807, 2.05) is 6.07 Å². The molecule has 1 aliphatic heterocycles. The summed E-state index contributed by atoms with van der Waals surface area (Å²) in [6.07, 6.45) is 1.41. The van der Waals surface area contributed by atoms with Gasteiger partial charge in [0.25, 0.3) is 0 Å². The largest absolute Gasteiger partial charge is 0.454 e. The SMILES string of the molecule is O=C(COC(=O)c1cccc(CN2CCCC2=O)c1)c1cccc(F)c1. The van der Waals surface area contributed by atoms with E-state index in [4.69, 9.17) is 4.74 Å². The van der Waals surface area contributed by atoms with Gasteiger partial charge in [0, 0.05) is 25.1 Å². The minimum absolute atomic E-state index is 0.110. The lowest BCUT2D eigenvalue weighted by atomic mass is 10.1. The van der Waals surface area contributed by atoms with Gasteiger partial charge in [0.1, 0.15) is 5.82 Å². The third kappa shape index (κ3) is 4.33. The number of nitrogens with zero attached hydrogens (tertiary/aromatic N) is 1. The summed E-state index contributed by atoms with van der Waals surface area (Å²) in [6, 6.07) is 12.0. The molecule has 0 spiro atoms. The van der Waals surface area contributed by atoms with E-state index in [9.17, 15) is 18.8 Å². The van der Waals surface area contributed by atoms with Gasteiger partial charge in [-0.2, -0.15) is 0 Å². The normalized spacial score (nSPS) is 13.7. The van der Waals surface area contributed by atoms with Crippen molar-refractivity contribution in [1.29, 1.82) is 0 Å². The molecule has 0 aromatic heterocycles. The van der Waals surface area contributed by atoms with Crippen LogP contribution in [-0.4, -0.2) is 35.7 Å². The van der Waals surface area contributed by atoms with E-state index in [-0.39, 0.29) is 11.5 Å². The first-order valence-corrected chi connectivity index (χ1v) is 8.35. The highest BCUT2D eigenvalue weighted by Gasteiger charge is 2.20. The number of hydrogen-bond donors (Lipinski definition) is 0. The molecule has 1 amide bonds. The average molecular weight is 355 g/mol. The van der Waals surface area contributed by atoms with Crippen LogP contribution in [0.15, 0.2) is 48.5 Å². The van der Waals surface area contributed by atoms with Crippen molar-refractivity contribution in [2.75, 3.05) is 13.2 Å². The Kier molecular flexibility index (Phi) is 5.41. The first-order chi connectivity index (χ1) is 12.5. The molecule has 0 atom stereocenters. The van der Waals surface area contributed by atoms with Crippen LogP contribution in [0.4, 0.5) is 4.39 Å². The van der Waals surface area contributed by atoms with Crippen LogP contribution in [0.1, 0.15) is 39.1 Å². The number of amides is 1. The molecule has 3 rings (SSSR count). The maximum absolute atomic E-state index is 13.1. The summed E-state index contributed by atoms with van der Waals surface area (Å²) >= 11 is 0. The second-order valence-corrected chi connectivity index (χ2v) is 6.13. The number of ether oxygens (including phenoxy) is 1. The van der Waals surface area contributed by atoms with Crippen LogP contribution in [0.5, 0.6) is 0 Å². The minimum Gasteiger partial charge on any atom is -0.454 e. The summed E-state index contributed by atoms with van der Waals surface area (Å²) in [5.41, 5.74) is 1.28. The number of likely N-dealkylation sites (tertiary alicyclic amines) is 1. The zero-order valence-corrected chi connectivity index (χ0v) is 14.1. The Morgan fingerprint density at radius 1 is 1.08 bits per heavy atom. The summed E-state index contributed by atoms with van der Waals surface area (Å²) in [5.74, 6) is -1.52. The second kappa shape index (κ2) is 7.91. The van der Waals surface area contributed by atoms with Crippen LogP contribution in [0, 0.1) is 5.82 Å². The fourth-order valence-electron chi connectivity index (χ4n) is 2.85. The van der Waals surface area contributed by atoms with E-state index in [0.717, 1.165) is 24.6 Å². The number of carbonyl (C=O) groups excluding carboxylic acids is 3. The van der Waals surface area contributed by atoms with Crippen molar-refractivity contribution < 1.29 is 23.5 Å². The summed E-state index contributed by atoms with van der Waals surface area (Å²) < 4.78 is 18.2. The smallest absolute Gasteiger partial charge is 0.338 e. The third-order valence-corrected chi connectivity index (χ3v) is 4.19. The first kappa shape index (κ1) is 17.8. The first-order valence-electron chi connectivity index (χ1n) is 8.35. The fourth-order valence-corrected chi connectivity index (χ4v) is 2.85. The third-order valence-electron chi connectivity index (χ3n) is 4.19. The lowest BCUT2D eigenvalue weighted by molar-refractivity contribution is -0.128. The molecular weight excluding hydrogens is 337 g/mol. The molecule has 0 unspecified atom stereocenters. The maximum atomic E-state index is 13.1. The molecule has 5 nitrogen and oxygen atoms in total. The maximum Gasteiger partial charge on any atom is 0.338 e. The van der Waals surface area contributed by atoms with E-state index < -0.39 is 24.2 Å². The van der Waals surface area contributed by atoms with E-state index in [1.165, 1.54) is 18.2 Å². The predicted octanol–water partition coefficient (Wildman–Crippen LogP) is 2.99. The molecule has 1 heterocycles. The molecule has 0 radical (unpaired) electrons. The molecule has 26 heavy (non-hydrogen) atoms. The molecule has 134 valence electrons. The van der Waals surface area contributed by atoms with E-state index in [2.05, 4.69) is 0 Å². The van der Waals surface area contributed by atoms with Gasteiger partial charge in [-0.05, 0) is 36.2 Å². The van der Waals surface area contributed by atoms with Gasteiger partial charge in [-0.1, -0.05) is 24.3 Å². The number of rotatable bonds is 6.